The van der Waals surface area contributed by atoms with Crippen LogP contribution in [0.1, 0.15) is 41.8 Å². The highest BCUT2D eigenvalue weighted by molar-refractivity contribution is 5.91. The minimum Gasteiger partial charge on any atom is -0.497 e. The van der Waals surface area contributed by atoms with E-state index < -0.39 is 12.1 Å². The lowest BCUT2D eigenvalue weighted by atomic mass is 9.71. The van der Waals surface area contributed by atoms with Crippen LogP contribution in [0.2, 0.25) is 0 Å². The van der Waals surface area contributed by atoms with Gasteiger partial charge in [-0.25, -0.2) is 4.79 Å². The highest BCUT2D eigenvalue weighted by atomic mass is 19.4. The zero-order chi connectivity index (χ0) is 24.8. The van der Waals surface area contributed by atoms with E-state index in [1.54, 1.807) is 25.5 Å². The number of ether oxygens (including phenoxy) is 1. The van der Waals surface area contributed by atoms with Crippen molar-refractivity contribution in [2.24, 2.45) is 5.41 Å². The Hall–Kier alpha value is -3.01. The summed E-state index contributed by atoms with van der Waals surface area (Å²) in [5.74, 6) is -1.34. The van der Waals surface area contributed by atoms with Gasteiger partial charge in [-0.15, -0.1) is 0 Å². The smallest absolute Gasteiger partial charge is 0.490 e. The number of rotatable bonds is 4. The van der Waals surface area contributed by atoms with E-state index in [0.29, 0.717) is 11.2 Å². The summed E-state index contributed by atoms with van der Waals surface area (Å²) in [7, 11) is 1.72. The molecule has 0 aliphatic carbocycles. The van der Waals surface area contributed by atoms with Gasteiger partial charge in [0, 0.05) is 19.6 Å². The van der Waals surface area contributed by atoms with Gasteiger partial charge in [0.2, 0.25) is 0 Å². The van der Waals surface area contributed by atoms with Crippen LogP contribution in [-0.2, 0) is 11.3 Å². The van der Waals surface area contributed by atoms with Crippen LogP contribution in [0, 0.1) is 5.41 Å². The molecular weight excluding hydrogens is 453 g/mol. The molecule has 2 saturated heterocycles. The fourth-order valence-electron chi connectivity index (χ4n) is 4.45. The number of hydrogen-bond donors (Lipinski definition) is 1. The zero-order valence-corrected chi connectivity index (χ0v) is 19.0. The van der Waals surface area contributed by atoms with Crippen LogP contribution in [0.25, 0.3) is 0 Å². The van der Waals surface area contributed by atoms with Gasteiger partial charge in [0.25, 0.3) is 5.91 Å². The van der Waals surface area contributed by atoms with Crippen molar-refractivity contribution in [3.8, 4) is 5.75 Å². The lowest BCUT2D eigenvalue weighted by molar-refractivity contribution is -0.192. The van der Waals surface area contributed by atoms with Crippen molar-refractivity contribution in [2.45, 2.75) is 38.4 Å². The molecule has 186 valence electrons. The number of halogens is 3. The first-order chi connectivity index (χ1) is 16.1. The maximum Gasteiger partial charge on any atom is 0.490 e. The topological polar surface area (TPSA) is 83.2 Å². The van der Waals surface area contributed by atoms with Crippen molar-refractivity contribution >= 4 is 11.9 Å². The van der Waals surface area contributed by atoms with Crippen molar-refractivity contribution in [3.63, 3.8) is 0 Å². The fraction of sp³-hybridized carbons (Fsp3) is 0.500. The Morgan fingerprint density at radius 2 is 1.68 bits per heavy atom. The van der Waals surface area contributed by atoms with E-state index >= 15 is 0 Å². The largest absolute Gasteiger partial charge is 0.497 e. The Morgan fingerprint density at radius 3 is 2.21 bits per heavy atom. The number of carboxylic acids is 1. The Labute approximate surface area is 196 Å². The quantitative estimate of drug-likeness (QED) is 0.694. The molecule has 2 aliphatic heterocycles. The summed E-state index contributed by atoms with van der Waals surface area (Å²) in [5, 5.41) is 7.12. The van der Waals surface area contributed by atoms with E-state index in [1.165, 1.54) is 18.4 Å². The minimum absolute atomic E-state index is 0.0327. The van der Waals surface area contributed by atoms with E-state index in [9.17, 15) is 18.0 Å². The molecule has 0 bridgehead atoms. The van der Waals surface area contributed by atoms with Crippen LogP contribution in [0.15, 0.2) is 47.1 Å². The molecule has 2 aromatic rings. The van der Waals surface area contributed by atoms with E-state index in [4.69, 9.17) is 19.1 Å². The molecule has 2 aliphatic rings. The van der Waals surface area contributed by atoms with Gasteiger partial charge in [-0.2, -0.15) is 13.2 Å². The second-order valence-electron chi connectivity index (χ2n) is 8.70. The van der Waals surface area contributed by atoms with Gasteiger partial charge in [-0.3, -0.25) is 9.69 Å². The molecule has 1 spiro atoms. The Balaban J connectivity index is 0.000000406. The summed E-state index contributed by atoms with van der Waals surface area (Å²) in [6.07, 6.45) is 1.13. The summed E-state index contributed by atoms with van der Waals surface area (Å²) in [5.41, 5.74) is 1.72. The monoisotopic (exact) mass is 482 g/mol. The minimum atomic E-state index is -5.08. The summed E-state index contributed by atoms with van der Waals surface area (Å²) in [6.45, 7) is 4.92. The molecular formula is C24H29F3N2O5. The van der Waals surface area contributed by atoms with Gasteiger partial charge in [0.1, 0.15) is 5.75 Å². The van der Waals surface area contributed by atoms with Crippen LogP contribution >= 0.6 is 0 Å². The molecule has 0 saturated carbocycles. The number of piperidine rings is 2. The normalized spacial score (nSPS) is 18.2. The van der Waals surface area contributed by atoms with Crippen molar-refractivity contribution in [2.75, 3.05) is 33.3 Å². The molecule has 34 heavy (non-hydrogen) atoms. The first-order valence-electron chi connectivity index (χ1n) is 11.1. The molecule has 1 amide bonds. The van der Waals surface area contributed by atoms with Crippen LogP contribution in [-0.4, -0.2) is 66.2 Å². The van der Waals surface area contributed by atoms with Crippen LogP contribution in [0.5, 0.6) is 5.75 Å². The number of alkyl halides is 3. The maximum atomic E-state index is 12.5. The highest BCUT2D eigenvalue weighted by Crippen LogP contribution is 2.41. The third kappa shape index (κ3) is 6.75. The first kappa shape index (κ1) is 25.6. The molecule has 1 aromatic carbocycles. The number of furan rings is 1. The predicted molar refractivity (Wildman–Crippen MR) is 117 cm³/mol. The van der Waals surface area contributed by atoms with Crippen molar-refractivity contribution in [1.82, 2.24) is 9.80 Å². The molecule has 2 fully saturated rings. The number of nitrogens with zero attached hydrogens (tertiary/aromatic N) is 2. The van der Waals surface area contributed by atoms with Gasteiger partial charge in [-0.1, -0.05) is 12.1 Å². The number of carbonyl (C=O) groups is 2. The van der Waals surface area contributed by atoms with Crippen LogP contribution < -0.4 is 4.74 Å². The predicted octanol–water partition coefficient (Wildman–Crippen LogP) is 4.44. The fourth-order valence-corrected chi connectivity index (χ4v) is 4.45. The van der Waals surface area contributed by atoms with Gasteiger partial charge >= 0.3 is 12.1 Å². The second-order valence-corrected chi connectivity index (χ2v) is 8.70. The average molecular weight is 482 g/mol. The number of likely N-dealkylation sites (tertiary alicyclic amines) is 2. The maximum absolute atomic E-state index is 12.5. The molecule has 3 heterocycles. The Morgan fingerprint density at radius 1 is 1.06 bits per heavy atom. The van der Waals surface area contributed by atoms with Gasteiger partial charge in [-0.05, 0) is 74.0 Å². The average Bonchev–Trinajstić information content (AvgIpc) is 3.36. The summed E-state index contributed by atoms with van der Waals surface area (Å²) < 4.78 is 42.3. The third-order valence-electron chi connectivity index (χ3n) is 6.54. The number of methoxy groups -OCH3 is 1. The second kappa shape index (κ2) is 10.9. The molecule has 7 nitrogen and oxygen atoms in total. The molecule has 0 radical (unpaired) electrons. The van der Waals surface area contributed by atoms with Crippen molar-refractivity contribution < 1.29 is 37.0 Å². The van der Waals surface area contributed by atoms with E-state index in [0.717, 1.165) is 51.3 Å². The van der Waals surface area contributed by atoms with E-state index in [-0.39, 0.29) is 5.91 Å². The number of benzene rings is 1. The summed E-state index contributed by atoms with van der Waals surface area (Å²) in [6, 6.07) is 11.9. The number of aliphatic carboxylic acids is 1. The molecule has 4 rings (SSSR count). The van der Waals surface area contributed by atoms with Crippen LogP contribution in [0.4, 0.5) is 13.2 Å². The summed E-state index contributed by atoms with van der Waals surface area (Å²) in [4.78, 5) is 25.8. The van der Waals surface area contributed by atoms with E-state index in [1.807, 2.05) is 11.0 Å². The highest BCUT2D eigenvalue weighted by Gasteiger charge is 2.39. The van der Waals surface area contributed by atoms with Gasteiger partial charge < -0.3 is 19.2 Å². The molecule has 1 aromatic heterocycles. The van der Waals surface area contributed by atoms with Gasteiger partial charge in [0.05, 0.1) is 13.4 Å². The lowest BCUT2D eigenvalue weighted by Gasteiger charge is -2.46. The standard InChI is InChI=1S/C22H28N2O3.C2HF3O2/c1-26-19-5-2-4-18(16-19)17-23-11-7-22(8-12-23)9-13-24(14-10-22)21(25)20-6-3-15-27-20;3-2(4,5)1(6)7/h2-6,15-16H,7-14,17H2,1H3;(H,6,7). The molecule has 1 N–H and O–H groups in total. The lowest BCUT2D eigenvalue weighted by Crippen LogP contribution is -2.48. The molecule has 10 heteroatoms. The number of carbonyl (C=O) groups excluding carboxylic acids is 1. The summed E-state index contributed by atoms with van der Waals surface area (Å²) >= 11 is 0. The van der Waals surface area contributed by atoms with Crippen molar-refractivity contribution in [1.29, 1.82) is 0 Å². The Kier molecular flexibility index (Phi) is 8.24. The van der Waals surface area contributed by atoms with E-state index in [2.05, 4.69) is 23.1 Å². The van der Waals surface area contributed by atoms with Crippen molar-refractivity contribution in [3.05, 3.63) is 54.0 Å². The zero-order valence-electron chi connectivity index (χ0n) is 19.0. The molecule has 0 atom stereocenters. The number of carboxylic acid groups (broad SMARTS) is 1. The number of amides is 1. The SMILES string of the molecule is COc1cccc(CN2CCC3(CC2)CCN(C(=O)c2ccco2)CC3)c1.O=C(O)C(F)(F)F. The Bertz CT molecular complexity index is 944. The first-order valence-corrected chi connectivity index (χ1v) is 11.1. The molecule has 0 unspecified atom stereocenters. The number of hydrogen-bond acceptors (Lipinski definition) is 5. The third-order valence-corrected chi connectivity index (χ3v) is 6.54. The van der Waals surface area contributed by atoms with Crippen LogP contribution in [0.3, 0.4) is 0 Å². The van der Waals surface area contributed by atoms with Gasteiger partial charge in [0.15, 0.2) is 5.76 Å².